The second-order valence-corrected chi connectivity index (χ2v) is 8.00. The molecule has 2 saturated carbocycles. The summed E-state index contributed by atoms with van der Waals surface area (Å²) < 4.78 is 6.05. The monoisotopic (exact) mass is 299 g/mol. The number of rotatable bonds is 3. The van der Waals surface area contributed by atoms with Crippen LogP contribution in [-0.4, -0.2) is 18.1 Å². The zero-order chi connectivity index (χ0) is 15.4. The van der Waals surface area contributed by atoms with E-state index in [1.54, 1.807) is 0 Å². The molecule has 3 nitrogen and oxygen atoms in total. The van der Waals surface area contributed by atoms with E-state index in [4.69, 9.17) is 4.74 Å². The lowest BCUT2D eigenvalue weighted by molar-refractivity contribution is -0.125. The van der Waals surface area contributed by atoms with Crippen LogP contribution in [0.3, 0.4) is 0 Å². The summed E-state index contributed by atoms with van der Waals surface area (Å²) in [6.45, 7) is 4.78. The van der Waals surface area contributed by atoms with E-state index in [-0.39, 0.29) is 11.0 Å². The number of ether oxygens (including phenoxy) is 1. The Bertz CT molecular complexity index is 599. The van der Waals surface area contributed by atoms with Gasteiger partial charge in [-0.3, -0.25) is 4.79 Å². The average molecular weight is 299 g/mol. The van der Waals surface area contributed by atoms with Crippen LogP contribution in [0.15, 0.2) is 24.3 Å². The van der Waals surface area contributed by atoms with Gasteiger partial charge in [-0.1, -0.05) is 31.4 Å². The van der Waals surface area contributed by atoms with Gasteiger partial charge >= 0.3 is 0 Å². The molecular formula is C19H25NO2. The number of carbonyl (C=O) groups excluding carboxylic acids is 1. The molecule has 22 heavy (non-hydrogen) atoms. The predicted molar refractivity (Wildman–Crippen MR) is 87.1 cm³/mol. The molecule has 118 valence electrons. The van der Waals surface area contributed by atoms with Crippen molar-refractivity contribution >= 4 is 11.6 Å². The van der Waals surface area contributed by atoms with Gasteiger partial charge in [0.15, 0.2) is 0 Å². The van der Waals surface area contributed by atoms with Crippen molar-refractivity contribution in [3.8, 4) is 5.75 Å². The lowest BCUT2D eigenvalue weighted by atomic mass is 9.77. The maximum Gasteiger partial charge on any atom is 0.233 e. The lowest BCUT2D eigenvalue weighted by Crippen LogP contribution is -2.51. The fourth-order valence-electron chi connectivity index (χ4n) is 3.94. The fourth-order valence-corrected chi connectivity index (χ4v) is 3.94. The number of nitrogens with zero attached hydrogens (tertiary/aromatic N) is 1. The van der Waals surface area contributed by atoms with Gasteiger partial charge in [-0.2, -0.15) is 0 Å². The Morgan fingerprint density at radius 2 is 2.00 bits per heavy atom. The molecule has 1 aliphatic heterocycles. The first-order valence-electron chi connectivity index (χ1n) is 8.59. The number of anilines is 1. The Morgan fingerprint density at radius 1 is 1.27 bits per heavy atom. The smallest absolute Gasteiger partial charge is 0.233 e. The quantitative estimate of drug-likeness (QED) is 0.838. The maximum absolute atomic E-state index is 13.3. The molecule has 0 unspecified atom stereocenters. The van der Waals surface area contributed by atoms with Gasteiger partial charge in [0.25, 0.3) is 0 Å². The van der Waals surface area contributed by atoms with Gasteiger partial charge < -0.3 is 9.64 Å². The molecule has 3 aliphatic rings. The summed E-state index contributed by atoms with van der Waals surface area (Å²) in [5, 5.41) is 0. The molecule has 1 aromatic carbocycles. The van der Waals surface area contributed by atoms with Gasteiger partial charge in [-0.15, -0.1) is 0 Å². The normalized spacial score (nSPS) is 24.9. The molecule has 0 radical (unpaired) electrons. The minimum absolute atomic E-state index is 0.0639. The van der Waals surface area contributed by atoms with Gasteiger partial charge in [-0.25, -0.2) is 0 Å². The van der Waals surface area contributed by atoms with E-state index >= 15 is 0 Å². The Balaban J connectivity index is 1.62. The number of hydrogen-bond acceptors (Lipinski definition) is 2. The Hall–Kier alpha value is -1.51. The summed E-state index contributed by atoms with van der Waals surface area (Å²) in [7, 11) is 0. The van der Waals surface area contributed by atoms with Crippen molar-refractivity contribution in [3.05, 3.63) is 24.3 Å². The van der Waals surface area contributed by atoms with E-state index in [2.05, 4.69) is 13.8 Å². The molecule has 1 aromatic rings. The van der Waals surface area contributed by atoms with E-state index in [9.17, 15) is 4.79 Å². The molecule has 1 heterocycles. The minimum atomic E-state index is -0.323. The molecule has 0 N–H and O–H groups in total. The summed E-state index contributed by atoms with van der Waals surface area (Å²) >= 11 is 0. The van der Waals surface area contributed by atoms with Crippen molar-refractivity contribution in [1.29, 1.82) is 0 Å². The highest BCUT2D eigenvalue weighted by Crippen LogP contribution is 2.56. The third-order valence-electron chi connectivity index (χ3n) is 5.54. The second-order valence-electron chi connectivity index (χ2n) is 8.00. The molecule has 2 aliphatic carbocycles. The number of para-hydroxylation sites is 2. The number of benzene rings is 1. The van der Waals surface area contributed by atoms with E-state index in [0.29, 0.717) is 12.5 Å². The lowest BCUT2D eigenvalue weighted by Gasteiger charge is -2.41. The van der Waals surface area contributed by atoms with Crippen molar-refractivity contribution in [3.63, 3.8) is 0 Å². The van der Waals surface area contributed by atoms with Crippen LogP contribution >= 0.6 is 0 Å². The summed E-state index contributed by atoms with van der Waals surface area (Å²) in [6, 6.07) is 7.96. The number of hydrogen-bond donors (Lipinski definition) is 0. The average Bonchev–Trinajstić information content (AvgIpc) is 3.21. The van der Waals surface area contributed by atoms with Gasteiger partial charge in [0.2, 0.25) is 5.91 Å². The topological polar surface area (TPSA) is 29.5 Å². The van der Waals surface area contributed by atoms with Crippen molar-refractivity contribution in [2.75, 3.05) is 11.4 Å². The van der Waals surface area contributed by atoms with E-state index in [1.165, 1.54) is 19.3 Å². The van der Waals surface area contributed by atoms with Crippen LogP contribution in [0.25, 0.3) is 0 Å². The summed E-state index contributed by atoms with van der Waals surface area (Å²) in [5.41, 5.74) is 0.564. The Morgan fingerprint density at radius 3 is 2.64 bits per heavy atom. The Labute approximate surface area is 132 Å². The van der Waals surface area contributed by atoms with E-state index in [1.807, 2.05) is 29.2 Å². The Kier molecular flexibility index (Phi) is 3.04. The first-order valence-corrected chi connectivity index (χ1v) is 8.59. The maximum atomic E-state index is 13.3. The summed E-state index contributed by atoms with van der Waals surface area (Å²) in [5.74, 6) is 1.96. The number of amides is 1. The number of carbonyl (C=O) groups is 1. The van der Waals surface area contributed by atoms with Crippen LogP contribution in [-0.2, 0) is 4.79 Å². The standard InChI is InChI=1S/C19H25NO2/c1-18(2)13-20(15-8-3-4-9-16(15)22-18)17(21)19(10-11-19)12-14-6-5-7-14/h3-4,8-9,14H,5-7,10-13H2,1-2H3. The summed E-state index contributed by atoms with van der Waals surface area (Å²) in [6.07, 6.45) is 7.24. The van der Waals surface area contributed by atoms with Crippen LogP contribution in [0.1, 0.15) is 52.4 Å². The molecule has 0 bridgehead atoms. The second kappa shape index (κ2) is 4.74. The molecule has 4 rings (SSSR count). The van der Waals surface area contributed by atoms with Gasteiger partial charge in [-0.05, 0) is 51.2 Å². The third-order valence-corrected chi connectivity index (χ3v) is 5.54. The predicted octanol–water partition coefficient (Wildman–Crippen LogP) is 4.16. The zero-order valence-corrected chi connectivity index (χ0v) is 13.6. The van der Waals surface area contributed by atoms with Crippen molar-refractivity contribution < 1.29 is 9.53 Å². The number of fused-ring (bicyclic) bond motifs is 1. The van der Waals surface area contributed by atoms with Gasteiger partial charge in [0.1, 0.15) is 11.4 Å². The van der Waals surface area contributed by atoms with E-state index in [0.717, 1.165) is 36.6 Å². The summed E-state index contributed by atoms with van der Waals surface area (Å²) in [4.78, 5) is 15.3. The van der Waals surface area contributed by atoms with Crippen molar-refractivity contribution in [1.82, 2.24) is 0 Å². The molecule has 1 amide bonds. The fraction of sp³-hybridized carbons (Fsp3) is 0.632. The van der Waals surface area contributed by atoms with Gasteiger partial charge in [0.05, 0.1) is 17.6 Å². The molecule has 0 spiro atoms. The van der Waals surface area contributed by atoms with Crippen LogP contribution in [0.4, 0.5) is 5.69 Å². The molecule has 0 saturated heterocycles. The first-order chi connectivity index (χ1) is 10.5. The first kappa shape index (κ1) is 14.1. The largest absolute Gasteiger partial charge is 0.484 e. The van der Waals surface area contributed by atoms with Crippen molar-refractivity contribution in [2.24, 2.45) is 11.3 Å². The van der Waals surface area contributed by atoms with Gasteiger partial charge in [0, 0.05) is 0 Å². The SMILES string of the molecule is CC1(C)CN(C(=O)C2(CC3CCC3)CC2)c2ccccc2O1. The van der Waals surface area contributed by atoms with Crippen molar-refractivity contribution in [2.45, 2.75) is 58.0 Å². The molecule has 0 aromatic heterocycles. The minimum Gasteiger partial charge on any atom is -0.484 e. The van der Waals surface area contributed by atoms with Crippen LogP contribution in [0.2, 0.25) is 0 Å². The molecule has 2 fully saturated rings. The highest BCUT2D eigenvalue weighted by atomic mass is 16.5. The molecule has 3 heteroatoms. The third kappa shape index (κ3) is 2.31. The zero-order valence-electron chi connectivity index (χ0n) is 13.6. The van der Waals surface area contributed by atoms with Crippen LogP contribution in [0, 0.1) is 11.3 Å². The molecular weight excluding hydrogens is 274 g/mol. The highest BCUT2D eigenvalue weighted by Gasteiger charge is 2.54. The highest BCUT2D eigenvalue weighted by molar-refractivity contribution is 6.01. The van der Waals surface area contributed by atoms with Crippen LogP contribution in [0.5, 0.6) is 5.75 Å². The van der Waals surface area contributed by atoms with E-state index < -0.39 is 0 Å². The van der Waals surface area contributed by atoms with Crippen LogP contribution < -0.4 is 9.64 Å². The molecule has 0 atom stereocenters.